The molecule has 0 aromatic rings. The molecule has 1 rings (SSSR count). The highest BCUT2D eigenvalue weighted by atomic mass is 19.3. The van der Waals surface area contributed by atoms with Gasteiger partial charge in [-0.25, -0.2) is 0 Å². The lowest BCUT2D eigenvalue weighted by molar-refractivity contribution is -0.131. The van der Waals surface area contributed by atoms with Crippen LogP contribution >= 0.6 is 0 Å². The van der Waals surface area contributed by atoms with Crippen molar-refractivity contribution in [2.45, 2.75) is 19.3 Å². The first-order valence-corrected chi connectivity index (χ1v) is 4.33. The van der Waals surface area contributed by atoms with E-state index < -0.39 is 12.3 Å². The summed E-state index contributed by atoms with van der Waals surface area (Å²) in [4.78, 5) is 10.3. The fourth-order valence-corrected chi connectivity index (χ4v) is 0.858. The molecule has 0 unspecified atom stereocenters. The Morgan fingerprint density at radius 2 is 2.23 bits per heavy atom. The summed E-state index contributed by atoms with van der Waals surface area (Å²) in [5.41, 5.74) is 0. The number of hydrogen-bond acceptors (Lipinski definition) is 2. The predicted octanol–water partition coefficient (Wildman–Crippen LogP) is 0.794. The zero-order chi connectivity index (χ0) is 9.68. The second-order valence-electron chi connectivity index (χ2n) is 3.11. The van der Waals surface area contributed by atoms with Crippen LogP contribution in [-0.2, 0) is 9.53 Å². The Bertz CT molecular complexity index is 172. The van der Waals surface area contributed by atoms with Gasteiger partial charge in [0, 0.05) is 13.2 Å². The minimum Gasteiger partial charge on any atom is -0.379 e. The molecule has 1 N–H and O–H groups in total. The van der Waals surface area contributed by atoms with Crippen molar-refractivity contribution in [1.82, 2.24) is 5.32 Å². The number of hydrogen-bond donors (Lipinski definition) is 1. The Labute approximate surface area is 75.4 Å². The predicted molar refractivity (Wildman–Crippen MR) is 42.6 cm³/mol. The molecule has 76 valence electrons. The largest absolute Gasteiger partial charge is 0.379 e. The summed E-state index contributed by atoms with van der Waals surface area (Å²) in [5, 5.41) is 2.06. The first-order chi connectivity index (χ1) is 6.20. The SMILES string of the molecule is O=C(NCCOCC1CC1)C(F)F. The van der Waals surface area contributed by atoms with E-state index >= 15 is 0 Å². The van der Waals surface area contributed by atoms with E-state index in [-0.39, 0.29) is 6.54 Å². The maximum absolute atomic E-state index is 11.6. The molecule has 1 amide bonds. The molecule has 5 heteroatoms. The number of nitrogens with one attached hydrogen (secondary N) is 1. The fraction of sp³-hybridized carbons (Fsp3) is 0.875. The number of carbonyl (C=O) groups excluding carboxylic acids is 1. The zero-order valence-corrected chi connectivity index (χ0v) is 7.26. The summed E-state index contributed by atoms with van der Waals surface area (Å²) in [7, 11) is 0. The molecule has 1 saturated carbocycles. The molecule has 0 spiro atoms. The Morgan fingerprint density at radius 3 is 2.77 bits per heavy atom. The van der Waals surface area contributed by atoms with Crippen molar-refractivity contribution in [3.05, 3.63) is 0 Å². The van der Waals surface area contributed by atoms with Gasteiger partial charge >= 0.3 is 6.43 Å². The van der Waals surface area contributed by atoms with Crippen molar-refractivity contribution >= 4 is 5.91 Å². The van der Waals surface area contributed by atoms with Crippen molar-refractivity contribution < 1.29 is 18.3 Å². The van der Waals surface area contributed by atoms with E-state index in [1.807, 2.05) is 0 Å². The lowest BCUT2D eigenvalue weighted by atomic mass is 10.5. The van der Waals surface area contributed by atoms with Gasteiger partial charge in [0.05, 0.1) is 6.61 Å². The molecule has 1 aliphatic carbocycles. The second kappa shape index (κ2) is 5.11. The van der Waals surface area contributed by atoms with Crippen LogP contribution in [0.4, 0.5) is 8.78 Å². The van der Waals surface area contributed by atoms with Crippen LogP contribution in [0.25, 0.3) is 0 Å². The number of rotatable bonds is 6. The van der Waals surface area contributed by atoms with Crippen LogP contribution in [0.15, 0.2) is 0 Å². The zero-order valence-electron chi connectivity index (χ0n) is 7.26. The van der Waals surface area contributed by atoms with Crippen LogP contribution in [-0.4, -0.2) is 32.1 Å². The third-order valence-electron chi connectivity index (χ3n) is 1.79. The van der Waals surface area contributed by atoms with Crippen molar-refractivity contribution in [1.29, 1.82) is 0 Å². The van der Waals surface area contributed by atoms with Gasteiger partial charge in [0.15, 0.2) is 0 Å². The molecular formula is C8H13F2NO2. The van der Waals surface area contributed by atoms with E-state index in [4.69, 9.17) is 4.74 Å². The highest BCUT2D eigenvalue weighted by Crippen LogP contribution is 2.28. The molecule has 0 atom stereocenters. The Hall–Kier alpha value is -0.710. The van der Waals surface area contributed by atoms with Crippen LogP contribution in [0.3, 0.4) is 0 Å². The Kier molecular flexibility index (Phi) is 4.08. The van der Waals surface area contributed by atoms with Crippen molar-refractivity contribution in [3.63, 3.8) is 0 Å². The van der Waals surface area contributed by atoms with E-state index in [1.54, 1.807) is 0 Å². The molecule has 0 radical (unpaired) electrons. The van der Waals surface area contributed by atoms with Crippen LogP contribution in [0.5, 0.6) is 0 Å². The minimum absolute atomic E-state index is 0.163. The van der Waals surface area contributed by atoms with Crippen LogP contribution in [0, 0.1) is 5.92 Å². The van der Waals surface area contributed by atoms with Gasteiger partial charge in [-0.05, 0) is 18.8 Å². The van der Waals surface area contributed by atoms with Gasteiger partial charge in [-0.1, -0.05) is 0 Å². The maximum Gasteiger partial charge on any atom is 0.315 e. The van der Waals surface area contributed by atoms with Crippen molar-refractivity contribution in [2.24, 2.45) is 5.92 Å². The molecule has 0 aliphatic heterocycles. The number of ether oxygens (including phenoxy) is 1. The number of halogens is 2. The first-order valence-electron chi connectivity index (χ1n) is 4.33. The van der Waals surface area contributed by atoms with Gasteiger partial charge in [0.2, 0.25) is 0 Å². The quantitative estimate of drug-likeness (QED) is 0.633. The average molecular weight is 193 g/mol. The summed E-state index contributed by atoms with van der Waals surface area (Å²) in [5.74, 6) is -0.569. The highest BCUT2D eigenvalue weighted by molar-refractivity contribution is 5.78. The molecular weight excluding hydrogens is 180 g/mol. The van der Waals surface area contributed by atoms with E-state index in [1.165, 1.54) is 12.8 Å². The standard InChI is InChI=1S/C8H13F2NO2/c9-7(10)8(12)11-3-4-13-5-6-1-2-6/h6-7H,1-5H2,(H,11,12). The summed E-state index contributed by atoms with van der Waals surface area (Å²) >= 11 is 0. The lowest BCUT2D eigenvalue weighted by Gasteiger charge is -2.04. The van der Waals surface area contributed by atoms with Gasteiger partial charge in [0.1, 0.15) is 0 Å². The van der Waals surface area contributed by atoms with Crippen LogP contribution < -0.4 is 5.32 Å². The van der Waals surface area contributed by atoms with Gasteiger partial charge in [-0.3, -0.25) is 4.79 Å². The van der Waals surface area contributed by atoms with E-state index in [0.29, 0.717) is 19.1 Å². The number of alkyl halides is 2. The molecule has 13 heavy (non-hydrogen) atoms. The van der Waals surface area contributed by atoms with E-state index in [9.17, 15) is 13.6 Å². The fourth-order valence-electron chi connectivity index (χ4n) is 0.858. The smallest absolute Gasteiger partial charge is 0.315 e. The number of amides is 1. The summed E-state index contributed by atoms with van der Waals surface area (Å²) in [6, 6.07) is 0. The molecule has 0 aromatic carbocycles. The van der Waals surface area contributed by atoms with Gasteiger partial charge < -0.3 is 10.1 Å². The monoisotopic (exact) mass is 193 g/mol. The van der Waals surface area contributed by atoms with Gasteiger partial charge in [0.25, 0.3) is 5.91 Å². The average Bonchev–Trinajstić information content (AvgIpc) is 2.87. The molecule has 3 nitrogen and oxygen atoms in total. The molecule has 0 aromatic heterocycles. The minimum atomic E-state index is -2.93. The topological polar surface area (TPSA) is 38.3 Å². The van der Waals surface area contributed by atoms with Crippen molar-refractivity contribution in [3.8, 4) is 0 Å². The van der Waals surface area contributed by atoms with Crippen LogP contribution in [0.1, 0.15) is 12.8 Å². The molecule has 0 heterocycles. The first kappa shape index (κ1) is 10.4. The molecule has 1 aliphatic rings. The number of carbonyl (C=O) groups is 1. The summed E-state index contributed by atoms with van der Waals surface area (Å²) in [6.45, 7) is 1.16. The summed E-state index contributed by atoms with van der Waals surface area (Å²) < 4.78 is 28.4. The third kappa shape index (κ3) is 4.77. The maximum atomic E-state index is 11.6. The Balaban J connectivity index is 1.85. The van der Waals surface area contributed by atoms with Crippen molar-refractivity contribution in [2.75, 3.05) is 19.8 Å². The van der Waals surface area contributed by atoms with Gasteiger partial charge in [-0.2, -0.15) is 8.78 Å². The van der Waals surface area contributed by atoms with Crippen LogP contribution in [0.2, 0.25) is 0 Å². The normalized spacial score (nSPS) is 16.2. The molecule has 0 bridgehead atoms. The van der Waals surface area contributed by atoms with E-state index in [2.05, 4.69) is 5.32 Å². The second-order valence-corrected chi connectivity index (χ2v) is 3.11. The molecule has 0 saturated heterocycles. The highest BCUT2D eigenvalue weighted by Gasteiger charge is 2.21. The Morgan fingerprint density at radius 1 is 1.54 bits per heavy atom. The molecule has 1 fully saturated rings. The van der Waals surface area contributed by atoms with Gasteiger partial charge in [-0.15, -0.1) is 0 Å². The third-order valence-corrected chi connectivity index (χ3v) is 1.79. The van der Waals surface area contributed by atoms with E-state index in [0.717, 1.165) is 0 Å². The summed E-state index contributed by atoms with van der Waals surface area (Å²) in [6.07, 6.45) is -0.532. The lowest BCUT2D eigenvalue weighted by Crippen LogP contribution is -2.32.